The zero-order valence-corrected chi connectivity index (χ0v) is 9.16. The lowest BCUT2D eigenvalue weighted by molar-refractivity contribution is 0.237. The average molecular weight is 193 g/mol. The van der Waals surface area contributed by atoms with Crippen LogP contribution in [0.4, 0.5) is 0 Å². The third-order valence-electron chi connectivity index (χ3n) is 2.24. The van der Waals surface area contributed by atoms with Crippen LogP contribution in [0.3, 0.4) is 0 Å². The lowest BCUT2D eigenvalue weighted by atomic mass is 9.96. The zero-order chi connectivity index (χ0) is 10.4. The molecule has 0 fully saturated rings. The number of allylic oxidation sites excluding steroid dienone is 2. The monoisotopic (exact) mass is 193 g/mol. The van der Waals surface area contributed by atoms with Gasteiger partial charge >= 0.3 is 0 Å². The Morgan fingerprint density at radius 3 is 3.00 bits per heavy atom. The maximum Gasteiger partial charge on any atom is 0.117 e. The van der Waals surface area contributed by atoms with Crippen LogP contribution in [0.5, 0.6) is 0 Å². The Bertz CT molecular complexity index is 253. The summed E-state index contributed by atoms with van der Waals surface area (Å²) in [5.74, 6) is 1.48. The molecule has 0 aliphatic heterocycles. The third-order valence-corrected chi connectivity index (χ3v) is 2.24. The molecular formula is C12H19NO. The highest BCUT2D eigenvalue weighted by atomic mass is 16.5. The third kappa shape index (κ3) is 2.95. The van der Waals surface area contributed by atoms with Crippen molar-refractivity contribution < 1.29 is 4.74 Å². The molecule has 2 nitrogen and oxygen atoms in total. The molecule has 2 unspecified atom stereocenters. The Hall–Kier alpha value is -1.18. The van der Waals surface area contributed by atoms with Gasteiger partial charge in [-0.25, -0.2) is 0 Å². The van der Waals surface area contributed by atoms with Crippen molar-refractivity contribution in [1.82, 2.24) is 5.32 Å². The predicted molar refractivity (Wildman–Crippen MR) is 59.8 cm³/mol. The molecule has 1 aliphatic carbocycles. The van der Waals surface area contributed by atoms with Gasteiger partial charge in [-0.3, -0.25) is 0 Å². The first-order chi connectivity index (χ1) is 6.77. The molecule has 1 rings (SSSR count). The second-order valence-electron chi connectivity index (χ2n) is 3.41. The summed E-state index contributed by atoms with van der Waals surface area (Å²) in [6.45, 7) is 6.92. The SMILES string of the molecule is C/C=C\NC1C=C(OCC)C=CC1C. The van der Waals surface area contributed by atoms with E-state index in [9.17, 15) is 0 Å². The van der Waals surface area contributed by atoms with Gasteiger partial charge in [0.25, 0.3) is 0 Å². The quantitative estimate of drug-likeness (QED) is 0.741. The van der Waals surface area contributed by atoms with Crippen LogP contribution in [0.25, 0.3) is 0 Å². The number of hydrogen-bond acceptors (Lipinski definition) is 2. The molecule has 0 saturated heterocycles. The van der Waals surface area contributed by atoms with Crippen molar-refractivity contribution in [2.75, 3.05) is 6.61 Å². The molecule has 78 valence electrons. The van der Waals surface area contributed by atoms with Gasteiger partial charge in [-0.1, -0.05) is 19.1 Å². The molecule has 2 heteroatoms. The molecule has 2 atom stereocenters. The van der Waals surface area contributed by atoms with Crippen molar-refractivity contribution in [3.05, 3.63) is 36.3 Å². The normalized spacial score (nSPS) is 26.4. The first kappa shape index (κ1) is 10.9. The highest BCUT2D eigenvalue weighted by Gasteiger charge is 2.15. The van der Waals surface area contributed by atoms with E-state index in [1.165, 1.54) is 0 Å². The summed E-state index contributed by atoms with van der Waals surface area (Å²) in [5, 5.41) is 3.32. The van der Waals surface area contributed by atoms with E-state index in [4.69, 9.17) is 4.74 Å². The van der Waals surface area contributed by atoms with Gasteiger partial charge in [0.15, 0.2) is 0 Å². The number of hydrogen-bond donors (Lipinski definition) is 1. The molecule has 0 radical (unpaired) electrons. The molecule has 1 N–H and O–H groups in total. The minimum absolute atomic E-state index is 0.345. The van der Waals surface area contributed by atoms with Crippen molar-refractivity contribution in [2.45, 2.75) is 26.8 Å². The summed E-state index contributed by atoms with van der Waals surface area (Å²) < 4.78 is 5.45. The lowest BCUT2D eigenvalue weighted by Crippen LogP contribution is -2.30. The molecule has 0 saturated carbocycles. The molecule has 0 aromatic carbocycles. The van der Waals surface area contributed by atoms with E-state index in [0.717, 1.165) is 12.4 Å². The van der Waals surface area contributed by atoms with Gasteiger partial charge in [-0.2, -0.15) is 0 Å². The predicted octanol–water partition coefficient (Wildman–Crippen LogP) is 2.60. The van der Waals surface area contributed by atoms with Gasteiger partial charge in [0.2, 0.25) is 0 Å². The molecule has 0 aromatic rings. The molecule has 14 heavy (non-hydrogen) atoms. The van der Waals surface area contributed by atoms with Crippen molar-refractivity contribution in [3.63, 3.8) is 0 Å². The van der Waals surface area contributed by atoms with Gasteiger partial charge in [-0.05, 0) is 38.1 Å². The fourth-order valence-electron chi connectivity index (χ4n) is 1.42. The fraction of sp³-hybridized carbons (Fsp3) is 0.500. The molecule has 0 heterocycles. The van der Waals surface area contributed by atoms with E-state index in [1.54, 1.807) is 0 Å². The van der Waals surface area contributed by atoms with Crippen LogP contribution in [0.1, 0.15) is 20.8 Å². The van der Waals surface area contributed by atoms with Crippen LogP contribution < -0.4 is 5.32 Å². The smallest absolute Gasteiger partial charge is 0.117 e. The molecule has 0 spiro atoms. The van der Waals surface area contributed by atoms with Gasteiger partial charge in [0.05, 0.1) is 12.6 Å². The molecule has 0 amide bonds. The second-order valence-corrected chi connectivity index (χ2v) is 3.41. The largest absolute Gasteiger partial charge is 0.494 e. The number of rotatable bonds is 4. The number of ether oxygens (including phenoxy) is 1. The zero-order valence-electron chi connectivity index (χ0n) is 9.16. The van der Waals surface area contributed by atoms with E-state index in [2.05, 4.69) is 24.4 Å². The second kappa shape index (κ2) is 5.53. The highest BCUT2D eigenvalue weighted by Crippen LogP contribution is 2.17. The van der Waals surface area contributed by atoms with Crippen molar-refractivity contribution in [2.24, 2.45) is 5.92 Å². The molecule has 1 aliphatic rings. The lowest BCUT2D eigenvalue weighted by Gasteiger charge is -2.23. The van der Waals surface area contributed by atoms with Crippen molar-refractivity contribution in [1.29, 1.82) is 0 Å². The maximum atomic E-state index is 5.45. The first-order valence-electron chi connectivity index (χ1n) is 5.18. The van der Waals surface area contributed by atoms with Crippen molar-refractivity contribution in [3.8, 4) is 0 Å². The Morgan fingerprint density at radius 1 is 1.57 bits per heavy atom. The minimum atomic E-state index is 0.345. The average Bonchev–Trinajstić information content (AvgIpc) is 2.19. The Kier molecular flexibility index (Phi) is 4.30. The topological polar surface area (TPSA) is 21.3 Å². The Labute approximate surface area is 86.3 Å². The Morgan fingerprint density at radius 2 is 2.36 bits per heavy atom. The highest BCUT2D eigenvalue weighted by molar-refractivity contribution is 5.23. The summed E-state index contributed by atoms with van der Waals surface area (Å²) in [6.07, 6.45) is 10.3. The standard InChI is InChI=1S/C12H19NO/c1-4-8-13-12-9-11(14-5-2)7-6-10(12)3/h4,6-10,12-13H,5H2,1-3H3/b8-4-. The van der Waals surface area contributed by atoms with Crippen LogP contribution in [0, 0.1) is 5.92 Å². The van der Waals surface area contributed by atoms with Crippen LogP contribution in [0.15, 0.2) is 36.3 Å². The van der Waals surface area contributed by atoms with Crippen LogP contribution in [-0.2, 0) is 4.74 Å². The van der Waals surface area contributed by atoms with Crippen LogP contribution >= 0.6 is 0 Å². The maximum absolute atomic E-state index is 5.45. The van der Waals surface area contributed by atoms with E-state index < -0.39 is 0 Å². The molecule has 0 bridgehead atoms. The van der Waals surface area contributed by atoms with E-state index in [1.807, 2.05) is 32.2 Å². The summed E-state index contributed by atoms with van der Waals surface area (Å²) in [4.78, 5) is 0. The minimum Gasteiger partial charge on any atom is -0.494 e. The van der Waals surface area contributed by atoms with E-state index >= 15 is 0 Å². The van der Waals surface area contributed by atoms with Gasteiger partial charge in [-0.15, -0.1) is 0 Å². The van der Waals surface area contributed by atoms with E-state index in [0.29, 0.717) is 12.0 Å². The fourth-order valence-corrected chi connectivity index (χ4v) is 1.42. The molecular weight excluding hydrogens is 174 g/mol. The summed E-state index contributed by atoms with van der Waals surface area (Å²) in [6, 6.07) is 0.345. The summed E-state index contributed by atoms with van der Waals surface area (Å²) in [7, 11) is 0. The summed E-state index contributed by atoms with van der Waals surface area (Å²) in [5.41, 5.74) is 0. The van der Waals surface area contributed by atoms with Crippen LogP contribution in [-0.4, -0.2) is 12.6 Å². The van der Waals surface area contributed by atoms with Gasteiger partial charge < -0.3 is 10.1 Å². The van der Waals surface area contributed by atoms with Crippen LogP contribution in [0.2, 0.25) is 0 Å². The van der Waals surface area contributed by atoms with Crippen molar-refractivity contribution >= 4 is 0 Å². The Balaban J connectivity index is 2.59. The summed E-state index contributed by atoms with van der Waals surface area (Å²) >= 11 is 0. The van der Waals surface area contributed by atoms with Gasteiger partial charge in [0.1, 0.15) is 5.76 Å². The van der Waals surface area contributed by atoms with Gasteiger partial charge in [0, 0.05) is 0 Å². The van der Waals surface area contributed by atoms with E-state index in [-0.39, 0.29) is 0 Å². The number of nitrogens with one attached hydrogen (secondary N) is 1. The molecule has 0 aromatic heterocycles. The first-order valence-corrected chi connectivity index (χ1v) is 5.18.